The summed E-state index contributed by atoms with van der Waals surface area (Å²) in [4.78, 5) is 2.55. The van der Waals surface area contributed by atoms with Crippen LogP contribution in [0.2, 0.25) is 0 Å². The number of methoxy groups -OCH3 is 1. The van der Waals surface area contributed by atoms with Gasteiger partial charge >= 0.3 is 0 Å². The number of ether oxygens (including phenoxy) is 1. The predicted molar refractivity (Wildman–Crippen MR) is 59.6 cm³/mol. The van der Waals surface area contributed by atoms with Crippen molar-refractivity contribution in [2.24, 2.45) is 5.92 Å². The minimum absolute atomic E-state index is 0.649. The smallest absolute Gasteiger partial charge is 0.0503 e. The van der Waals surface area contributed by atoms with Crippen molar-refractivity contribution >= 4 is 0 Å². The zero-order valence-corrected chi connectivity index (χ0v) is 9.75. The summed E-state index contributed by atoms with van der Waals surface area (Å²) in [5, 5.41) is 3.35. The van der Waals surface area contributed by atoms with Crippen LogP contribution in [0.15, 0.2) is 0 Å². The Balaban J connectivity index is 2.21. The van der Waals surface area contributed by atoms with E-state index in [9.17, 15) is 0 Å². The van der Waals surface area contributed by atoms with Crippen molar-refractivity contribution in [1.29, 1.82) is 0 Å². The number of rotatable bonds is 6. The van der Waals surface area contributed by atoms with E-state index in [4.69, 9.17) is 4.74 Å². The van der Waals surface area contributed by atoms with E-state index in [1.54, 1.807) is 7.11 Å². The van der Waals surface area contributed by atoms with Crippen LogP contribution >= 0.6 is 0 Å². The lowest BCUT2D eigenvalue weighted by atomic mass is 10.1. The third kappa shape index (κ3) is 3.56. The summed E-state index contributed by atoms with van der Waals surface area (Å²) >= 11 is 0. The Kier molecular flexibility index (Phi) is 5.45. The Bertz CT molecular complexity index is 148. The van der Waals surface area contributed by atoms with Gasteiger partial charge in [0.25, 0.3) is 0 Å². The van der Waals surface area contributed by atoms with E-state index in [1.165, 1.54) is 32.5 Å². The molecule has 1 N–H and O–H groups in total. The van der Waals surface area contributed by atoms with Crippen molar-refractivity contribution in [3.63, 3.8) is 0 Å². The molecule has 14 heavy (non-hydrogen) atoms. The molecular weight excluding hydrogens is 176 g/mol. The lowest BCUT2D eigenvalue weighted by Crippen LogP contribution is -2.38. The number of nitrogens with zero attached hydrogens (tertiary/aromatic N) is 1. The zero-order chi connectivity index (χ0) is 10.4. The first-order valence-electron chi connectivity index (χ1n) is 5.68. The molecule has 3 nitrogen and oxygen atoms in total. The van der Waals surface area contributed by atoms with E-state index in [1.807, 2.05) is 0 Å². The minimum Gasteiger partial charge on any atom is -0.384 e. The fourth-order valence-corrected chi connectivity index (χ4v) is 2.19. The quantitative estimate of drug-likeness (QED) is 0.691. The maximum absolute atomic E-state index is 5.19. The molecule has 0 aromatic carbocycles. The van der Waals surface area contributed by atoms with Gasteiger partial charge < -0.3 is 15.0 Å². The van der Waals surface area contributed by atoms with Gasteiger partial charge in [0.15, 0.2) is 0 Å². The first kappa shape index (κ1) is 12.0. The average Bonchev–Trinajstić information content (AvgIpc) is 2.63. The summed E-state index contributed by atoms with van der Waals surface area (Å²) in [5.74, 6) is 0.759. The van der Waals surface area contributed by atoms with Crippen molar-refractivity contribution < 1.29 is 4.74 Å². The summed E-state index contributed by atoms with van der Waals surface area (Å²) in [6.45, 7) is 6.81. The molecule has 1 aliphatic heterocycles. The van der Waals surface area contributed by atoms with E-state index in [2.05, 4.69) is 24.2 Å². The maximum atomic E-state index is 5.19. The zero-order valence-electron chi connectivity index (χ0n) is 9.75. The third-order valence-electron chi connectivity index (χ3n) is 3.15. The maximum Gasteiger partial charge on any atom is 0.0503 e. The van der Waals surface area contributed by atoms with Crippen LogP contribution in [0.5, 0.6) is 0 Å². The lowest BCUT2D eigenvalue weighted by Gasteiger charge is -2.22. The molecule has 2 atom stereocenters. The monoisotopic (exact) mass is 200 g/mol. The van der Waals surface area contributed by atoms with Gasteiger partial charge in [-0.05, 0) is 32.4 Å². The van der Waals surface area contributed by atoms with E-state index in [0.717, 1.165) is 12.5 Å². The van der Waals surface area contributed by atoms with Gasteiger partial charge in [0.2, 0.25) is 0 Å². The molecule has 3 heteroatoms. The molecule has 0 aliphatic carbocycles. The number of nitrogens with one attached hydrogen (secondary N) is 1. The molecule has 0 saturated carbocycles. The van der Waals surface area contributed by atoms with Gasteiger partial charge in [0.1, 0.15) is 0 Å². The van der Waals surface area contributed by atoms with Crippen LogP contribution in [0.1, 0.15) is 19.8 Å². The molecule has 84 valence electrons. The molecule has 0 aromatic heterocycles. The van der Waals surface area contributed by atoms with Gasteiger partial charge in [0, 0.05) is 26.2 Å². The highest BCUT2D eigenvalue weighted by molar-refractivity contribution is 4.78. The van der Waals surface area contributed by atoms with Crippen molar-refractivity contribution in [3.05, 3.63) is 0 Å². The van der Waals surface area contributed by atoms with Gasteiger partial charge in [-0.1, -0.05) is 6.92 Å². The fourth-order valence-electron chi connectivity index (χ4n) is 2.19. The van der Waals surface area contributed by atoms with Crippen molar-refractivity contribution in [3.8, 4) is 0 Å². The first-order valence-corrected chi connectivity index (χ1v) is 5.68. The van der Waals surface area contributed by atoms with Crippen LogP contribution in [-0.2, 0) is 4.74 Å². The molecule has 0 amide bonds. The van der Waals surface area contributed by atoms with Gasteiger partial charge in [-0.2, -0.15) is 0 Å². The lowest BCUT2D eigenvalue weighted by molar-refractivity contribution is 0.152. The number of likely N-dealkylation sites (N-methyl/N-ethyl adjacent to an activating group) is 1. The van der Waals surface area contributed by atoms with Crippen molar-refractivity contribution in [2.45, 2.75) is 25.8 Å². The first-order chi connectivity index (χ1) is 6.80. The average molecular weight is 200 g/mol. The topological polar surface area (TPSA) is 24.5 Å². The Morgan fingerprint density at radius 2 is 2.36 bits per heavy atom. The van der Waals surface area contributed by atoms with Gasteiger partial charge in [-0.25, -0.2) is 0 Å². The third-order valence-corrected chi connectivity index (χ3v) is 3.15. The molecule has 1 rings (SSSR count). The molecule has 0 bridgehead atoms. The van der Waals surface area contributed by atoms with Crippen LogP contribution in [0.3, 0.4) is 0 Å². The van der Waals surface area contributed by atoms with E-state index >= 15 is 0 Å². The summed E-state index contributed by atoms with van der Waals surface area (Å²) < 4.78 is 5.19. The molecule has 2 unspecified atom stereocenters. The molecule has 1 aliphatic rings. The minimum atomic E-state index is 0.649. The SMILES string of the molecule is CCC(CN1CCC(COC)C1)NC. The molecule has 1 fully saturated rings. The van der Waals surface area contributed by atoms with Gasteiger partial charge in [-0.3, -0.25) is 0 Å². The Morgan fingerprint density at radius 1 is 1.57 bits per heavy atom. The second kappa shape index (κ2) is 6.38. The predicted octanol–water partition coefficient (Wildman–Crippen LogP) is 0.953. The van der Waals surface area contributed by atoms with Gasteiger partial charge in [-0.15, -0.1) is 0 Å². The number of hydrogen-bond acceptors (Lipinski definition) is 3. The summed E-state index contributed by atoms with van der Waals surface area (Å²) in [6, 6.07) is 0.649. The Hall–Kier alpha value is -0.120. The standard InChI is InChI=1S/C11H24N2O/c1-4-11(12-2)8-13-6-5-10(7-13)9-14-3/h10-12H,4-9H2,1-3H3. The van der Waals surface area contributed by atoms with Crippen LogP contribution in [0, 0.1) is 5.92 Å². The molecule has 1 saturated heterocycles. The normalized spacial score (nSPS) is 25.5. The van der Waals surface area contributed by atoms with E-state index < -0.39 is 0 Å². The Morgan fingerprint density at radius 3 is 2.93 bits per heavy atom. The van der Waals surface area contributed by atoms with Crippen LogP contribution < -0.4 is 5.32 Å². The summed E-state index contributed by atoms with van der Waals surface area (Å²) in [6.07, 6.45) is 2.51. The van der Waals surface area contributed by atoms with E-state index in [-0.39, 0.29) is 0 Å². The highest BCUT2D eigenvalue weighted by Gasteiger charge is 2.23. The molecule has 0 spiro atoms. The fraction of sp³-hybridized carbons (Fsp3) is 1.00. The van der Waals surface area contributed by atoms with E-state index in [0.29, 0.717) is 6.04 Å². The number of hydrogen-bond donors (Lipinski definition) is 1. The Labute approximate surface area is 87.8 Å². The van der Waals surface area contributed by atoms with Gasteiger partial charge in [0.05, 0.1) is 6.61 Å². The summed E-state index contributed by atoms with van der Waals surface area (Å²) in [7, 11) is 3.85. The summed E-state index contributed by atoms with van der Waals surface area (Å²) in [5.41, 5.74) is 0. The van der Waals surface area contributed by atoms with Crippen LogP contribution in [0.4, 0.5) is 0 Å². The second-order valence-electron chi connectivity index (χ2n) is 4.26. The second-order valence-corrected chi connectivity index (χ2v) is 4.26. The largest absolute Gasteiger partial charge is 0.384 e. The van der Waals surface area contributed by atoms with Crippen molar-refractivity contribution in [2.75, 3.05) is 40.4 Å². The molecule has 1 heterocycles. The van der Waals surface area contributed by atoms with Crippen LogP contribution in [0.25, 0.3) is 0 Å². The molecule has 0 aromatic rings. The highest BCUT2D eigenvalue weighted by Crippen LogP contribution is 2.16. The molecular formula is C11H24N2O. The molecule has 0 radical (unpaired) electrons. The number of likely N-dealkylation sites (tertiary alicyclic amines) is 1. The van der Waals surface area contributed by atoms with Crippen LogP contribution in [-0.4, -0.2) is 51.3 Å². The van der Waals surface area contributed by atoms with Crippen molar-refractivity contribution in [1.82, 2.24) is 10.2 Å². The highest BCUT2D eigenvalue weighted by atomic mass is 16.5.